The Morgan fingerprint density at radius 2 is 1.45 bits per heavy atom. The minimum absolute atomic E-state index is 0.649. The standard InChI is InChI=1S/C36H40BrN3/c1-28(10-11-30-12-20-36(21-13-30)40(5)25-9-7-6-8-24-38)26-33(32-16-22-35(23-17-32)39(3)4)27-29(2)31-14-18-34(37)19-15-31/h10-23,26-27H,1,6-9,25H2,2-5H3/b11-10+,29-27+,33-26+. The fraction of sp³-hybridized carbons (Fsp3) is 0.250. The smallest absolute Gasteiger partial charge is 0.0621 e. The summed E-state index contributed by atoms with van der Waals surface area (Å²) < 4.78 is 1.07. The van der Waals surface area contributed by atoms with Crippen LogP contribution in [-0.4, -0.2) is 27.7 Å². The Balaban J connectivity index is 1.76. The Morgan fingerprint density at radius 3 is 2.08 bits per heavy atom. The molecule has 0 atom stereocenters. The lowest BCUT2D eigenvalue weighted by Crippen LogP contribution is -2.18. The molecule has 3 aromatic carbocycles. The van der Waals surface area contributed by atoms with Gasteiger partial charge in [-0.2, -0.15) is 5.26 Å². The summed E-state index contributed by atoms with van der Waals surface area (Å²) in [5.74, 6) is 0. The van der Waals surface area contributed by atoms with E-state index in [0.717, 1.165) is 52.6 Å². The Morgan fingerprint density at radius 1 is 0.825 bits per heavy atom. The van der Waals surface area contributed by atoms with E-state index < -0.39 is 0 Å². The van der Waals surface area contributed by atoms with E-state index in [2.05, 4.69) is 164 Å². The van der Waals surface area contributed by atoms with Crippen LogP contribution >= 0.6 is 15.9 Å². The van der Waals surface area contributed by atoms with Crippen LogP contribution < -0.4 is 9.80 Å². The van der Waals surface area contributed by atoms with Crippen LogP contribution in [0.5, 0.6) is 0 Å². The summed E-state index contributed by atoms with van der Waals surface area (Å²) in [4.78, 5) is 4.38. The van der Waals surface area contributed by atoms with Crippen LogP contribution in [0.3, 0.4) is 0 Å². The number of nitrogens with zero attached hydrogens (tertiary/aromatic N) is 3. The Labute approximate surface area is 249 Å². The first-order chi connectivity index (χ1) is 19.3. The zero-order chi connectivity index (χ0) is 28.9. The highest BCUT2D eigenvalue weighted by Crippen LogP contribution is 2.27. The summed E-state index contributed by atoms with van der Waals surface area (Å²) >= 11 is 3.53. The maximum atomic E-state index is 8.68. The van der Waals surface area contributed by atoms with Crippen molar-refractivity contribution in [3.63, 3.8) is 0 Å². The molecule has 3 aromatic rings. The highest BCUT2D eigenvalue weighted by Gasteiger charge is 2.05. The van der Waals surface area contributed by atoms with Gasteiger partial charge in [0.25, 0.3) is 0 Å². The second kappa shape index (κ2) is 15.7. The van der Waals surface area contributed by atoms with Crippen LogP contribution in [0, 0.1) is 11.3 Å². The lowest BCUT2D eigenvalue weighted by atomic mass is 9.97. The largest absolute Gasteiger partial charge is 0.378 e. The number of allylic oxidation sites excluding steroid dienone is 6. The Kier molecular flexibility index (Phi) is 12.1. The normalized spacial score (nSPS) is 11.9. The lowest BCUT2D eigenvalue weighted by Gasteiger charge is -2.19. The molecular weight excluding hydrogens is 554 g/mol. The number of unbranched alkanes of at least 4 members (excludes halogenated alkanes) is 3. The molecule has 0 amide bonds. The number of halogens is 1. The highest BCUT2D eigenvalue weighted by molar-refractivity contribution is 9.10. The number of anilines is 2. The first-order valence-electron chi connectivity index (χ1n) is 13.8. The first-order valence-corrected chi connectivity index (χ1v) is 14.5. The van der Waals surface area contributed by atoms with Gasteiger partial charge in [-0.3, -0.25) is 0 Å². The monoisotopic (exact) mass is 593 g/mol. The molecule has 0 aliphatic carbocycles. The predicted octanol–water partition coefficient (Wildman–Crippen LogP) is 9.79. The number of hydrogen-bond donors (Lipinski definition) is 0. The van der Waals surface area contributed by atoms with Crippen LogP contribution in [0.4, 0.5) is 11.4 Å². The minimum atomic E-state index is 0.649. The molecule has 0 saturated heterocycles. The molecule has 3 rings (SSSR count). The van der Waals surface area contributed by atoms with E-state index in [4.69, 9.17) is 5.26 Å². The average Bonchev–Trinajstić information content (AvgIpc) is 2.96. The first kappa shape index (κ1) is 30.7. The van der Waals surface area contributed by atoms with Crippen LogP contribution in [-0.2, 0) is 0 Å². The Hall–Kier alpha value is -3.81. The molecule has 0 heterocycles. The van der Waals surface area contributed by atoms with Gasteiger partial charge in [0.15, 0.2) is 0 Å². The van der Waals surface area contributed by atoms with E-state index in [1.807, 2.05) is 0 Å². The fourth-order valence-electron chi connectivity index (χ4n) is 4.34. The fourth-order valence-corrected chi connectivity index (χ4v) is 4.60. The minimum Gasteiger partial charge on any atom is -0.378 e. The van der Waals surface area contributed by atoms with Crippen molar-refractivity contribution in [2.75, 3.05) is 37.5 Å². The predicted molar refractivity (Wildman–Crippen MR) is 179 cm³/mol. The van der Waals surface area contributed by atoms with E-state index in [1.54, 1.807) is 0 Å². The molecule has 3 nitrogen and oxygen atoms in total. The lowest BCUT2D eigenvalue weighted by molar-refractivity contribution is 0.682. The number of hydrogen-bond acceptors (Lipinski definition) is 3. The molecule has 4 heteroatoms. The van der Waals surface area contributed by atoms with Gasteiger partial charge >= 0.3 is 0 Å². The maximum Gasteiger partial charge on any atom is 0.0621 e. The third-order valence-corrected chi connectivity index (χ3v) is 7.36. The third kappa shape index (κ3) is 9.74. The van der Waals surface area contributed by atoms with E-state index in [-0.39, 0.29) is 0 Å². The summed E-state index contributed by atoms with van der Waals surface area (Å²) in [6, 6.07) is 27.9. The summed E-state index contributed by atoms with van der Waals surface area (Å²) in [6.45, 7) is 7.48. The van der Waals surface area contributed by atoms with Crippen LogP contribution in [0.2, 0.25) is 0 Å². The molecule has 0 aliphatic heterocycles. The van der Waals surface area contributed by atoms with Gasteiger partial charge in [0.05, 0.1) is 6.07 Å². The van der Waals surface area contributed by atoms with Gasteiger partial charge in [0, 0.05) is 50.0 Å². The van der Waals surface area contributed by atoms with E-state index in [9.17, 15) is 0 Å². The zero-order valence-corrected chi connectivity index (χ0v) is 25.8. The van der Waals surface area contributed by atoms with Crippen LogP contribution in [0.1, 0.15) is 49.3 Å². The van der Waals surface area contributed by atoms with Crippen molar-refractivity contribution >= 4 is 44.5 Å². The van der Waals surface area contributed by atoms with Gasteiger partial charge in [-0.25, -0.2) is 0 Å². The van der Waals surface area contributed by atoms with Crippen molar-refractivity contribution in [2.45, 2.75) is 32.6 Å². The van der Waals surface area contributed by atoms with E-state index in [0.29, 0.717) is 6.42 Å². The summed E-state index contributed by atoms with van der Waals surface area (Å²) in [5, 5.41) is 8.68. The van der Waals surface area contributed by atoms with Crippen LogP contribution in [0.15, 0.2) is 108 Å². The van der Waals surface area contributed by atoms with Crippen molar-refractivity contribution in [2.24, 2.45) is 0 Å². The molecule has 0 fully saturated rings. The Bertz CT molecular complexity index is 1370. The third-order valence-electron chi connectivity index (χ3n) is 6.84. The molecule has 0 spiro atoms. The second-order valence-corrected chi connectivity index (χ2v) is 11.2. The number of benzene rings is 3. The molecular formula is C36H40BrN3. The molecule has 206 valence electrons. The van der Waals surface area contributed by atoms with Crippen molar-refractivity contribution in [1.29, 1.82) is 5.26 Å². The van der Waals surface area contributed by atoms with Crippen LogP contribution in [0.25, 0.3) is 17.2 Å². The number of rotatable bonds is 13. The second-order valence-electron chi connectivity index (χ2n) is 10.3. The SMILES string of the molecule is C=C(/C=C/c1ccc(N(C)CCCCCC#N)cc1)/C=C(\C=C(/C)c1ccc(Br)cc1)c1ccc(N(C)C)cc1. The van der Waals surface area contributed by atoms with Gasteiger partial charge in [-0.1, -0.05) is 83.6 Å². The molecule has 0 aromatic heterocycles. The maximum absolute atomic E-state index is 8.68. The van der Waals surface area contributed by atoms with Gasteiger partial charge < -0.3 is 9.80 Å². The van der Waals surface area contributed by atoms with Crippen molar-refractivity contribution in [1.82, 2.24) is 0 Å². The van der Waals surface area contributed by atoms with Gasteiger partial charge in [0.2, 0.25) is 0 Å². The summed E-state index contributed by atoms with van der Waals surface area (Å²) in [5.41, 5.74) is 9.09. The van der Waals surface area contributed by atoms with E-state index in [1.165, 1.54) is 22.5 Å². The molecule has 0 unspecified atom stereocenters. The molecule has 0 saturated carbocycles. The van der Waals surface area contributed by atoms with Gasteiger partial charge in [-0.05, 0) is 95.6 Å². The average molecular weight is 595 g/mol. The molecule has 0 radical (unpaired) electrons. The number of nitriles is 1. The summed E-state index contributed by atoms with van der Waals surface area (Å²) in [6.07, 6.45) is 12.4. The topological polar surface area (TPSA) is 30.3 Å². The van der Waals surface area contributed by atoms with Gasteiger partial charge in [-0.15, -0.1) is 0 Å². The quantitative estimate of drug-likeness (QED) is 0.146. The van der Waals surface area contributed by atoms with E-state index >= 15 is 0 Å². The van der Waals surface area contributed by atoms with Crippen molar-refractivity contribution in [3.05, 3.63) is 124 Å². The molecule has 0 bridgehead atoms. The van der Waals surface area contributed by atoms with Crippen molar-refractivity contribution < 1.29 is 0 Å². The molecule has 40 heavy (non-hydrogen) atoms. The zero-order valence-electron chi connectivity index (χ0n) is 24.2. The summed E-state index contributed by atoms with van der Waals surface area (Å²) in [7, 11) is 6.23. The highest BCUT2D eigenvalue weighted by atomic mass is 79.9. The molecule has 0 N–H and O–H groups in total. The van der Waals surface area contributed by atoms with Crippen molar-refractivity contribution in [3.8, 4) is 6.07 Å². The van der Waals surface area contributed by atoms with Gasteiger partial charge in [0.1, 0.15) is 0 Å². The molecule has 0 aliphatic rings.